The average Bonchev–Trinajstić information content (AvgIpc) is 3.19. The summed E-state index contributed by atoms with van der Waals surface area (Å²) in [4.78, 5) is 21.2. The minimum atomic E-state index is 0.0662. The minimum Gasteiger partial charge on any atom is -0.363 e. The number of rotatable bonds is 2. The molecular formula is C18H23N5O. The molecule has 1 unspecified atom stereocenters. The number of likely N-dealkylation sites (tertiary alicyclic amines) is 1. The van der Waals surface area contributed by atoms with Gasteiger partial charge in [-0.3, -0.25) is 9.89 Å². The van der Waals surface area contributed by atoms with Gasteiger partial charge in [-0.2, -0.15) is 5.10 Å². The summed E-state index contributed by atoms with van der Waals surface area (Å²) in [6.45, 7) is 1.59. The van der Waals surface area contributed by atoms with E-state index in [9.17, 15) is 4.79 Å². The van der Waals surface area contributed by atoms with Crippen LogP contribution >= 0.6 is 0 Å². The Balaban J connectivity index is 1.55. The maximum Gasteiger partial charge on any atom is 0.255 e. The Labute approximate surface area is 141 Å². The number of aryl methyl sites for hydroxylation is 1. The van der Waals surface area contributed by atoms with E-state index in [1.807, 2.05) is 42.2 Å². The van der Waals surface area contributed by atoms with Gasteiger partial charge in [0.1, 0.15) is 5.82 Å². The van der Waals surface area contributed by atoms with Gasteiger partial charge in [-0.15, -0.1) is 0 Å². The maximum absolute atomic E-state index is 12.9. The highest BCUT2D eigenvalue weighted by atomic mass is 16.2. The van der Waals surface area contributed by atoms with Gasteiger partial charge < -0.3 is 9.80 Å². The number of fused-ring (bicyclic) bond motifs is 2. The van der Waals surface area contributed by atoms with Gasteiger partial charge in [-0.05, 0) is 43.4 Å². The van der Waals surface area contributed by atoms with Crippen LogP contribution in [0.2, 0.25) is 0 Å². The first-order valence-corrected chi connectivity index (χ1v) is 8.54. The van der Waals surface area contributed by atoms with Crippen molar-refractivity contribution in [3.63, 3.8) is 0 Å². The Morgan fingerprint density at radius 2 is 2.17 bits per heavy atom. The molecule has 1 saturated heterocycles. The zero-order valence-electron chi connectivity index (χ0n) is 14.2. The van der Waals surface area contributed by atoms with Crippen LogP contribution in [0.5, 0.6) is 0 Å². The number of carbonyl (C=O) groups excluding carboxylic acids is 1. The molecule has 2 aromatic heterocycles. The summed E-state index contributed by atoms with van der Waals surface area (Å²) in [5.74, 6) is 0.944. The second-order valence-electron chi connectivity index (χ2n) is 7.18. The normalized spacial score (nSPS) is 22.7. The van der Waals surface area contributed by atoms with Crippen LogP contribution in [0.4, 0.5) is 5.82 Å². The number of anilines is 1. The summed E-state index contributed by atoms with van der Waals surface area (Å²) in [5.41, 5.74) is 3.30. The summed E-state index contributed by atoms with van der Waals surface area (Å²) in [7, 11) is 3.89. The van der Waals surface area contributed by atoms with Crippen molar-refractivity contribution in [2.24, 2.45) is 0 Å². The topological polar surface area (TPSA) is 65.1 Å². The molecule has 0 bridgehead atoms. The molecule has 0 saturated carbocycles. The Morgan fingerprint density at radius 3 is 2.92 bits per heavy atom. The van der Waals surface area contributed by atoms with Crippen molar-refractivity contribution in [2.75, 3.05) is 32.1 Å². The highest BCUT2D eigenvalue weighted by Gasteiger charge is 2.44. The molecule has 4 rings (SSSR count). The molecule has 6 nitrogen and oxygen atoms in total. The fourth-order valence-corrected chi connectivity index (χ4v) is 4.13. The van der Waals surface area contributed by atoms with Crippen LogP contribution < -0.4 is 4.90 Å². The first-order valence-electron chi connectivity index (χ1n) is 8.54. The largest absolute Gasteiger partial charge is 0.363 e. The van der Waals surface area contributed by atoms with E-state index < -0.39 is 0 Å². The minimum absolute atomic E-state index is 0.0662. The van der Waals surface area contributed by atoms with Crippen LogP contribution in [0.1, 0.15) is 40.9 Å². The van der Waals surface area contributed by atoms with Gasteiger partial charge in [0.2, 0.25) is 0 Å². The van der Waals surface area contributed by atoms with E-state index >= 15 is 0 Å². The molecule has 0 radical (unpaired) electrons. The molecule has 1 atom stereocenters. The van der Waals surface area contributed by atoms with Crippen molar-refractivity contribution in [1.29, 1.82) is 0 Å². The monoisotopic (exact) mass is 325 g/mol. The van der Waals surface area contributed by atoms with Crippen molar-refractivity contribution in [1.82, 2.24) is 20.1 Å². The van der Waals surface area contributed by atoms with Crippen molar-refractivity contribution < 1.29 is 4.79 Å². The second-order valence-corrected chi connectivity index (χ2v) is 7.18. The van der Waals surface area contributed by atoms with E-state index in [4.69, 9.17) is 0 Å². The third-order valence-corrected chi connectivity index (χ3v) is 5.44. The van der Waals surface area contributed by atoms with E-state index in [1.165, 1.54) is 11.3 Å². The Bertz CT molecular complexity index is 751. The van der Waals surface area contributed by atoms with Gasteiger partial charge in [0.05, 0.1) is 11.8 Å². The molecule has 6 heteroatoms. The summed E-state index contributed by atoms with van der Waals surface area (Å²) in [6.07, 6.45) is 7.96. The lowest BCUT2D eigenvalue weighted by molar-refractivity contribution is 0.0632. The zero-order chi connectivity index (χ0) is 16.7. The highest BCUT2D eigenvalue weighted by molar-refractivity contribution is 5.94. The van der Waals surface area contributed by atoms with Crippen LogP contribution in [-0.2, 0) is 11.8 Å². The molecule has 1 amide bonds. The maximum atomic E-state index is 12.9. The Hall–Kier alpha value is -2.37. The van der Waals surface area contributed by atoms with Crippen LogP contribution in [0.15, 0.2) is 24.5 Å². The molecule has 1 aliphatic carbocycles. The van der Waals surface area contributed by atoms with Gasteiger partial charge in [0.15, 0.2) is 0 Å². The van der Waals surface area contributed by atoms with Crippen LogP contribution in [0.3, 0.4) is 0 Å². The van der Waals surface area contributed by atoms with Gasteiger partial charge in [-0.25, -0.2) is 4.98 Å². The van der Waals surface area contributed by atoms with Gasteiger partial charge in [0.25, 0.3) is 5.91 Å². The number of hydrogen-bond acceptors (Lipinski definition) is 4. The number of nitrogens with one attached hydrogen (secondary N) is 1. The SMILES string of the molecule is CN(C)c1ccc(C(=O)N2CCCC3(CCc4cn[nH]c43)C2)cn1. The standard InChI is InChI=1S/C18H23N5O/c1-22(2)15-5-4-14(10-19-15)17(24)23-9-3-7-18(12-23)8-6-13-11-20-21-16(13)18/h4-5,10-11H,3,6-9,12H2,1-2H3,(H,20,21). The summed E-state index contributed by atoms with van der Waals surface area (Å²) in [6, 6.07) is 3.78. The zero-order valence-corrected chi connectivity index (χ0v) is 14.2. The fraction of sp³-hybridized carbons (Fsp3) is 0.500. The van der Waals surface area contributed by atoms with E-state index in [2.05, 4.69) is 15.2 Å². The first kappa shape index (κ1) is 15.2. The molecule has 0 aromatic carbocycles. The fourth-order valence-electron chi connectivity index (χ4n) is 4.13. The number of nitrogens with zero attached hydrogens (tertiary/aromatic N) is 4. The Kier molecular flexibility index (Phi) is 3.55. The molecule has 24 heavy (non-hydrogen) atoms. The molecule has 2 aliphatic rings. The number of amides is 1. The van der Waals surface area contributed by atoms with Gasteiger partial charge in [-0.1, -0.05) is 0 Å². The number of aromatic nitrogens is 3. The third kappa shape index (κ3) is 2.37. The first-order chi connectivity index (χ1) is 11.6. The quantitative estimate of drug-likeness (QED) is 0.917. The molecule has 1 spiro atoms. The molecule has 1 fully saturated rings. The van der Waals surface area contributed by atoms with E-state index in [-0.39, 0.29) is 11.3 Å². The number of hydrogen-bond donors (Lipinski definition) is 1. The van der Waals surface area contributed by atoms with Crippen LogP contribution in [-0.4, -0.2) is 53.2 Å². The number of carbonyl (C=O) groups is 1. The van der Waals surface area contributed by atoms with Crippen molar-refractivity contribution in [2.45, 2.75) is 31.1 Å². The third-order valence-electron chi connectivity index (χ3n) is 5.44. The van der Waals surface area contributed by atoms with Crippen molar-refractivity contribution in [3.8, 4) is 0 Å². The van der Waals surface area contributed by atoms with Crippen LogP contribution in [0, 0.1) is 0 Å². The Morgan fingerprint density at radius 1 is 1.29 bits per heavy atom. The summed E-state index contributed by atoms with van der Waals surface area (Å²) < 4.78 is 0. The average molecular weight is 325 g/mol. The van der Waals surface area contributed by atoms with Crippen molar-refractivity contribution >= 4 is 11.7 Å². The second kappa shape index (κ2) is 5.61. The van der Waals surface area contributed by atoms with Crippen molar-refractivity contribution in [3.05, 3.63) is 41.3 Å². The predicted octanol–water partition coefficient (Wildman–Crippen LogP) is 1.99. The molecule has 2 aromatic rings. The number of H-pyrrole nitrogens is 1. The smallest absolute Gasteiger partial charge is 0.255 e. The lowest BCUT2D eigenvalue weighted by Gasteiger charge is -2.40. The molecule has 3 heterocycles. The summed E-state index contributed by atoms with van der Waals surface area (Å²) in [5, 5.41) is 7.40. The lowest BCUT2D eigenvalue weighted by Crippen LogP contribution is -2.47. The number of piperidine rings is 1. The molecular weight excluding hydrogens is 302 g/mol. The lowest BCUT2D eigenvalue weighted by atomic mass is 9.77. The van der Waals surface area contributed by atoms with Gasteiger partial charge in [0, 0.05) is 44.5 Å². The highest BCUT2D eigenvalue weighted by Crippen LogP contribution is 2.44. The van der Waals surface area contributed by atoms with Gasteiger partial charge >= 0.3 is 0 Å². The molecule has 1 N–H and O–H groups in total. The van der Waals surface area contributed by atoms with E-state index in [0.29, 0.717) is 5.56 Å². The number of aromatic amines is 1. The van der Waals surface area contributed by atoms with E-state index in [1.54, 1.807) is 6.20 Å². The number of pyridine rings is 1. The molecule has 126 valence electrons. The van der Waals surface area contributed by atoms with Crippen LogP contribution in [0.25, 0.3) is 0 Å². The summed E-state index contributed by atoms with van der Waals surface area (Å²) >= 11 is 0. The van der Waals surface area contributed by atoms with E-state index in [0.717, 1.165) is 44.6 Å². The molecule has 1 aliphatic heterocycles. The predicted molar refractivity (Wildman–Crippen MR) is 92.3 cm³/mol.